The number of thiazole rings is 1. The predicted molar refractivity (Wildman–Crippen MR) is 124 cm³/mol. The maximum Gasteiger partial charge on any atom is 0.192 e. The number of halogens is 1. The van der Waals surface area contributed by atoms with Crippen molar-refractivity contribution in [1.82, 2.24) is 20.0 Å². The number of Topliss-reactive ketones (excluding diaryl/α,β-unsaturated/α-hetero) is 1. The van der Waals surface area contributed by atoms with Crippen molar-refractivity contribution < 1.29 is 24.5 Å². The molecule has 0 amide bonds. The van der Waals surface area contributed by atoms with E-state index >= 15 is 0 Å². The van der Waals surface area contributed by atoms with Crippen molar-refractivity contribution in [3.8, 4) is 10.7 Å². The monoisotopic (exact) mass is 540 g/mol. The average molecular weight is 541 g/mol. The number of carbonyl (C=O) groups is 1. The number of aliphatic hydroxyl groups excluding tert-OH is 2. The minimum absolute atomic E-state index is 0.447. The quantitative estimate of drug-likeness (QED) is 0.320. The zero-order valence-corrected chi connectivity index (χ0v) is 20.4. The summed E-state index contributed by atoms with van der Waals surface area (Å²) < 4.78 is 11.4. The van der Waals surface area contributed by atoms with Crippen molar-refractivity contribution in [2.45, 2.75) is 34.1 Å². The van der Waals surface area contributed by atoms with Crippen LogP contribution in [0.15, 0.2) is 48.1 Å². The highest BCUT2D eigenvalue weighted by Gasteiger charge is 2.74. The molecule has 1 aliphatic heterocycles. The number of ether oxygens (including phenoxy) is 2. The molecule has 1 aliphatic rings. The van der Waals surface area contributed by atoms with Gasteiger partial charge in [0.05, 0.1) is 12.8 Å². The van der Waals surface area contributed by atoms with E-state index in [2.05, 4.69) is 43.9 Å². The molecule has 5 atom stereocenters. The van der Waals surface area contributed by atoms with Gasteiger partial charge in [-0.1, -0.05) is 35.5 Å². The summed E-state index contributed by atoms with van der Waals surface area (Å²) in [6, 6.07) is 8.81. The molecule has 170 valence electrons. The number of ketones is 1. The molecule has 2 N–H and O–H groups in total. The third-order valence-electron chi connectivity index (χ3n) is 5.81. The van der Waals surface area contributed by atoms with E-state index in [9.17, 15) is 15.0 Å². The van der Waals surface area contributed by atoms with Gasteiger partial charge in [0.15, 0.2) is 21.4 Å². The van der Waals surface area contributed by atoms with Crippen molar-refractivity contribution in [1.29, 1.82) is 0 Å². The van der Waals surface area contributed by atoms with Crippen LogP contribution in [0.5, 0.6) is 0 Å². The Kier molecular flexibility index (Phi) is 6.31. The highest BCUT2D eigenvalue weighted by atomic mass is 79.9. The smallest absolute Gasteiger partial charge is 0.192 e. The molecule has 1 unspecified atom stereocenters. The number of methoxy groups -OCH3 is 1. The maximum atomic E-state index is 13.3. The second-order valence-corrected chi connectivity index (χ2v) is 10.0. The third-order valence-corrected chi connectivity index (χ3v) is 7.94. The number of aliphatic hydroxyl groups is 2. The van der Waals surface area contributed by atoms with Crippen LogP contribution in [0.4, 0.5) is 0 Å². The molecule has 0 saturated carbocycles. The standard InChI is InChI=1S/C20H21BrN4O5S2/c1-12(27)20(29-2)17(31)30-18(21,11-26)16(28)19(20,13-6-4-3-5-7-13)25-10-14(23-24-25)15-22-8-9-32-15/h3-10,16-17,26,28,31H,11H2,1-2H3/t16-,17+,18+,19?,20-/m0/s1. The first-order chi connectivity index (χ1) is 15.3. The largest absolute Gasteiger partial charge is 0.392 e. The summed E-state index contributed by atoms with van der Waals surface area (Å²) in [5, 5.41) is 32.9. The van der Waals surface area contributed by atoms with Gasteiger partial charge >= 0.3 is 0 Å². The van der Waals surface area contributed by atoms with Gasteiger partial charge in [0, 0.05) is 18.7 Å². The maximum absolute atomic E-state index is 13.3. The van der Waals surface area contributed by atoms with Gasteiger partial charge in [-0.3, -0.25) is 4.79 Å². The van der Waals surface area contributed by atoms with E-state index in [1.54, 1.807) is 48.1 Å². The number of alkyl halides is 1. The SMILES string of the molecule is CO[C@@]1(C(C)=O)[C@@H](S)O[C@](Br)(CO)[C@H](O)C1(c1ccccc1)n1cc(-c2nccs2)nn1. The fourth-order valence-electron chi connectivity index (χ4n) is 4.38. The molecule has 4 rings (SSSR count). The summed E-state index contributed by atoms with van der Waals surface area (Å²) in [5.41, 5.74) is -3.85. The molecular weight excluding hydrogens is 520 g/mol. The molecule has 3 aromatic rings. The van der Waals surface area contributed by atoms with Crippen LogP contribution in [0, 0.1) is 0 Å². The van der Waals surface area contributed by atoms with E-state index in [1.165, 1.54) is 30.1 Å². The van der Waals surface area contributed by atoms with Crippen molar-refractivity contribution in [2.75, 3.05) is 13.7 Å². The van der Waals surface area contributed by atoms with Crippen LogP contribution in [-0.4, -0.2) is 71.3 Å². The van der Waals surface area contributed by atoms with Crippen LogP contribution < -0.4 is 0 Å². The molecule has 1 aromatic carbocycles. The van der Waals surface area contributed by atoms with E-state index in [1.807, 2.05) is 0 Å². The highest BCUT2D eigenvalue weighted by molar-refractivity contribution is 9.10. The van der Waals surface area contributed by atoms with Crippen molar-refractivity contribution in [2.24, 2.45) is 0 Å². The van der Waals surface area contributed by atoms with Crippen molar-refractivity contribution >= 4 is 45.7 Å². The van der Waals surface area contributed by atoms with Gasteiger partial charge in [0.2, 0.25) is 0 Å². The Hall–Kier alpha value is -1.67. The van der Waals surface area contributed by atoms with Gasteiger partial charge in [0.25, 0.3) is 0 Å². The van der Waals surface area contributed by atoms with E-state index in [0.29, 0.717) is 16.3 Å². The summed E-state index contributed by atoms with van der Waals surface area (Å²) in [4.78, 5) is 17.6. The molecule has 32 heavy (non-hydrogen) atoms. The molecule has 9 nitrogen and oxygen atoms in total. The zero-order chi connectivity index (χ0) is 23.1. The molecular formula is C20H21BrN4O5S2. The minimum atomic E-state index is -1.85. The van der Waals surface area contributed by atoms with Crippen LogP contribution >= 0.6 is 39.9 Å². The number of hydrogen-bond acceptors (Lipinski definition) is 10. The molecule has 0 spiro atoms. The van der Waals surface area contributed by atoms with Crippen LogP contribution in [0.3, 0.4) is 0 Å². The molecule has 2 aromatic heterocycles. The number of aromatic nitrogens is 4. The van der Waals surface area contributed by atoms with Crippen LogP contribution in [0.25, 0.3) is 10.7 Å². The highest BCUT2D eigenvalue weighted by Crippen LogP contribution is 2.55. The summed E-state index contributed by atoms with van der Waals surface area (Å²) >= 11 is 9.27. The first-order valence-electron chi connectivity index (χ1n) is 9.56. The number of nitrogens with zero attached hydrogens (tertiary/aromatic N) is 4. The van der Waals surface area contributed by atoms with Crippen molar-refractivity contribution in [3.05, 3.63) is 53.7 Å². The number of benzene rings is 1. The molecule has 0 aliphatic carbocycles. The van der Waals surface area contributed by atoms with E-state index in [-0.39, 0.29) is 0 Å². The lowest BCUT2D eigenvalue weighted by molar-refractivity contribution is -0.261. The average Bonchev–Trinajstić information content (AvgIpc) is 3.48. The summed E-state index contributed by atoms with van der Waals surface area (Å²) in [6.07, 6.45) is 1.66. The number of hydrogen-bond donors (Lipinski definition) is 3. The molecule has 0 radical (unpaired) electrons. The topological polar surface area (TPSA) is 120 Å². The van der Waals surface area contributed by atoms with Crippen LogP contribution in [-0.2, 0) is 19.8 Å². The minimum Gasteiger partial charge on any atom is -0.392 e. The van der Waals surface area contributed by atoms with Gasteiger partial charge in [0.1, 0.15) is 22.2 Å². The van der Waals surface area contributed by atoms with E-state index < -0.39 is 39.6 Å². The molecule has 1 saturated heterocycles. The second kappa shape index (κ2) is 8.60. The third kappa shape index (κ3) is 3.12. The predicted octanol–water partition coefficient (Wildman–Crippen LogP) is 1.85. The number of carbonyl (C=O) groups excluding carboxylic acids is 1. The number of rotatable bonds is 6. The summed E-state index contributed by atoms with van der Waals surface area (Å²) in [6.45, 7) is 0.713. The number of thiol groups is 1. The Bertz CT molecular complexity index is 1100. The summed E-state index contributed by atoms with van der Waals surface area (Å²) in [5.74, 6) is -0.457. The summed E-state index contributed by atoms with van der Waals surface area (Å²) in [7, 11) is 1.34. The Labute approximate surface area is 201 Å². The molecule has 1 fully saturated rings. The Balaban J connectivity index is 2.11. The second-order valence-electron chi connectivity index (χ2n) is 7.33. The lowest BCUT2D eigenvalue weighted by Crippen LogP contribution is -2.79. The molecule has 0 bridgehead atoms. The fraction of sp³-hybridized carbons (Fsp3) is 0.400. The fourth-order valence-corrected chi connectivity index (χ4v) is 6.30. The van der Waals surface area contributed by atoms with Gasteiger partial charge < -0.3 is 19.7 Å². The molecule has 12 heteroatoms. The van der Waals surface area contributed by atoms with Gasteiger partial charge in [-0.15, -0.1) is 29.1 Å². The first-order valence-corrected chi connectivity index (χ1v) is 11.7. The lowest BCUT2D eigenvalue weighted by atomic mass is 9.65. The first kappa shape index (κ1) is 23.5. The Morgan fingerprint density at radius 1 is 1.41 bits per heavy atom. The van der Waals surface area contributed by atoms with E-state index in [4.69, 9.17) is 9.47 Å². The van der Waals surface area contributed by atoms with Gasteiger partial charge in [-0.05, 0) is 28.4 Å². The zero-order valence-electron chi connectivity index (χ0n) is 17.1. The van der Waals surface area contributed by atoms with Gasteiger partial charge in [-0.2, -0.15) is 0 Å². The van der Waals surface area contributed by atoms with E-state index in [0.717, 1.165) is 0 Å². The lowest BCUT2D eigenvalue weighted by Gasteiger charge is -2.59. The normalized spacial score (nSPS) is 32.7. The molecule has 3 heterocycles. The van der Waals surface area contributed by atoms with Crippen LogP contribution in [0.1, 0.15) is 12.5 Å². The van der Waals surface area contributed by atoms with Crippen LogP contribution in [0.2, 0.25) is 0 Å². The Morgan fingerprint density at radius 2 is 2.12 bits per heavy atom. The van der Waals surface area contributed by atoms with Crippen molar-refractivity contribution in [3.63, 3.8) is 0 Å². The van der Waals surface area contributed by atoms with Gasteiger partial charge in [-0.25, -0.2) is 9.67 Å². The Morgan fingerprint density at radius 3 is 2.69 bits per heavy atom.